The standard InChI is InChI=1S/C15H14NO2.Y/c1-3-11-18-13-9-7-12(8-10-13)14-5-4-6-15(17)16(14)2;/h3-4,6-10H,1,11H2,2H3;/q-1;. The van der Waals surface area contributed by atoms with Crippen molar-refractivity contribution in [3.05, 3.63) is 65.5 Å². The van der Waals surface area contributed by atoms with Gasteiger partial charge >= 0.3 is 0 Å². The molecule has 0 unspecified atom stereocenters. The molecule has 1 aromatic heterocycles. The Kier molecular flexibility index (Phi) is 6.19. The molecule has 2 aromatic rings. The van der Waals surface area contributed by atoms with Crippen LogP contribution in [-0.2, 0) is 39.8 Å². The zero-order valence-corrected chi connectivity index (χ0v) is 13.6. The molecule has 3 nitrogen and oxygen atoms in total. The van der Waals surface area contributed by atoms with Gasteiger partial charge in [0.2, 0.25) is 0 Å². The van der Waals surface area contributed by atoms with Crippen LogP contribution in [0.25, 0.3) is 11.3 Å². The second-order valence-electron chi connectivity index (χ2n) is 3.85. The van der Waals surface area contributed by atoms with Crippen LogP contribution in [0.15, 0.2) is 53.8 Å². The third-order valence-electron chi connectivity index (χ3n) is 2.61. The Bertz CT molecular complexity index is 602. The third-order valence-corrected chi connectivity index (χ3v) is 2.61. The van der Waals surface area contributed by atoms with Crippen molar-refractivity contribution in [3.8, 4) is 17.0 Å². The summed E-state index contributed by atoms with van der Waals surface area (Å²) < 4.78 is 6.97. The van der Waals surface area contributed by atoms with Gasteiger partial charge in [0.15, 0.2) is 5.56 Å². The summed E-state index contributed by atoms with van der Waals surface area (Å²) >= 11 is 0. The Labute approximate surface area is 137 Å². The average molecular weight is 329 g/mol. The van der Waals surface area contributed by atoms with Crippen LogP contribution in [0.3, 0.4) is 0 Å². The monoisotopic (exact) mass is 329 g/mol. The van der Waals surface area contributed by atoms with E-state index in [1.165, 1.54) is 6.07 Å². The van der Waals surface area contributed by atoms with Gasteiger partial charge in [0.1, 0.15) is 12.4 Å². The Morgan fingerprint density at radius 2 is 2.00 bits per heavy atom. The van der Waals surface area contributed by atoms with Gasteiger partial charge in [0.05, 0.1) is 0 Å². The van der Waals surface area contributed by atoms with Gasteiger partial charge in [-0.25, -0.2) is 0 Å². The molecular formula is C15H14NO2Y-. The SMILES string of the molecule is C=CCOc1ccc(-c2[c-]ccc(=O)n2C)cc1.[Y]. The van der Waals surface area contributed by atoms with E-state index < -0.39 is 0 Å². The smallest absolute Gasteiger partial charge is 0.194 e. The normalized spacial score (nSPS) is 9.53. The second-order valence-corrected chi connectivity index (χ2v) is 3.85. The molecule has 0 spiro atoms. The molecule has 0 aliphatic carbocycles. The molecular weight excluding hydrogens is 315 g/mol. The molecule has 0 aliphatic rings. The molecule has 0 amide bonds. The summed E-state index contributed by atoms with van der Waals surface area (Å²) in [6.45, 7) is 4.08. The van der Waals surface area contributed by atoms with E-state index in [0.29, 0.717) is 6.61 Å². The van der Waals surface area contributed by atoms with E-state index in [0.717, 1.165) is 17.0 Å². The second kappa shape index (κ2) is 7.41. The minimum atomic E-state index is -0.0456. The van der Waals surface area contributed by atoms with Crippen LogP contribution in [0.5, 0.6) is 5.75 Å². The summed E-state index contributed by atoms with van der Waals surface area (Å²) in [6, 6.07) is 13.7. The maximum atomic E-state index is 11.5. The molecule has 1 radical (unpaired) electrons. The number of ether oxygens (including phenoxy) is 1. The van der Waals surface area contributed by atoms with Crippen LogP contribution in [0.2, 0.25) is 0 Å². The molecule has 0 fully saturated rings. The van der Waals surface area contributed by atoms with E-state index >= 15 is 0 Å². The predicted molar refractivity (Wildman–Crippen MR) is 71.6 cm³/mol. The molecule has 19 heavy (non-hydrogen) atoms. The van der Waals surface area contributed by atoms with E-state index in [1.807, 2.05) is 24.3 Å². The third kappa shape index (κ3) is 3.89. The number of aromatic nitrogens is 1. The van der Waals surface area contributed by atoms with Crippen molar-refractivity contribution in [2.75, 3.05) is 6.61 Å². The van der Waals surface area contributed by atoms with Gasteiger partial charge < -0.3 is 9.30 Å². The topological polar surface area (TPSA) is 31.2 Å². The fourth-order valence-electron chi connectivity index (χ4n) is 1.65. The summed E-state index contributed by atoms with van der Waals surface area (Å²) in [7, 11) is 1.73. The first-order valence-electron chi connectivity index (χ1n) is 5.64. The van der Waals surface area contributed by atoms with Gasteiger partial charge in [-0.3, -0.25) is 4.79 Å². The first kappa shape index (κ1) is 15.9. The summed E-state index contributed by atoms with van der Waals surface area (Å²) in [5.74, 6) is 0.777. The maximum absolute atomic E-state index is 11.5. The van der Waals surface area contributed by atoms with Gasteiger partial charge in [-0.2, -0.15) is 12.1 Å². The van der Waals surface area contributed by atoms with E-state index in [2.05, 4.69) is 12.6 Å². The minimum Gasteiger partial charge on any atom is -0.490 e. The van der Waals surface area contributed by atoms with Crippen LogP contribution in [0.1, 0.15) is 0 Å². The van der Waals surface area contributed by atoms with Gasteiger partial charge in [-0.1, -0.05) is 30.0 Å². The number of hydrogen-bond acceptors (Lipinski definition) is 2. The van der Waals surface area contributed by atoms with Crippen LogP contribution in [0.4, 0.5) is 0 Å². The molecule has 0 atom stereocenters. The van der Waals surface area contributed by atoms with Gasteiger partial charge in [-0.05, 0) is 12.1 Å². The van der Waals surface area contributed by atoms with E-state index in [4.69, 9.17) is 4.74 Å². The number of rotatable bonds is 4. The molecule has 0 aliphatic heterocycles. The van der Waals surface area contributed by atoms with Gasteiger partial charge in [0, 0.05) is 39.8 Å². The van der Waals surface area contributed by atoms with Crippen molar-refractivity contribution >= 4 is 0 Å². The van der Waals surface area contributed by atoms with E-state index in [9.17, 15) is 4.79 Å². The van der Waals surface area contributed by atoms with Crippen LogP contribution in [-0.4, -0.2) is 11.2 Å². The van der Waals surface area contributed by atoms with Crippen LogP contribution < -0.4 is 10.3 Å². The van der Waals surface area contributed by atoms with E-state index in [-0.39, 0.29) is 38.3 Å². The molecule has 2 rings (SSSR count). The van der Waals surface area contributed by atoms with Crippen molar-refractivity contribution in [3.63, 3.8) is 0 Å². The largest absolute Gasteiger partial charge is 0.490 e. The fraction of sp³-hybridized carbons (Fsp3) is 0.133. The summed E-state index contributed by atoms with van der Waals surface area (Å²) in [4.78, 5) is 11.5. The maximum Gasteiger partial charge on any atom is 0.194 e. The quantitative estimate of drug-likeness (QED) is 0.637. The number of nitrogens with zero attached hydrogens (tertiary/aromatic N) is 1. The first-order chi connectivity index (χ1) is 8.72. The summed E-state index contributed by atoms with van der Waals surface area (Å²) in [6.07, 6.45) is 1.70. The van der Waals surface area contributed by atoms with Crippen molar-refractivity contribution < 1.29 is 37.4 Å². The van der Waals surface area contributed by atoms with Crippen LogP contribution in [0, 0.1) is 6.07 Å². The van der Waals surface area contributed by atoms with Crippen LogP contribution >= 0.6 is 0 Å². The Balaban J connectivity index is 0.00000180. The molecule has 0 N–H and O–H groups in total. The number of pyridine rings is 1. The summed E-state index contributed by atoms with van der Waals surface area (Å²) in [5, 5.41) is 0. The average Bonchev–Trinajstić information content (AvgIpc) is 2.40. The van der Waals surface area contributed by atoms with Crippen molar-refractivity contribution in [2.45, 2.75) is 0 Å². The molecule has 0 saturated heterocycles. The number of benzene rings is 1. The number of hydrogen-bond donors (Lipinski definition) is 0. The van der Waals surface area contributed by atoms with E-state index in [1.54, 1.807) is 23.8 Å². The first-order valence-corrected chi connectivity index (χ1v) is 5.64. The van der Waals surface area contributed by atoms with Gasteiger partial charge in [0.25, 0.3) is 0 Å². The molecule has 1 aromatic carbocycles. The Morgan fingerprint density at radius 1 is 1.32 bits per heavy atom. The summed E-state index contributed by atoms with van der Waals surface area (Å²) in [5.41, 5.74) is 1.65. The Morgan fingerprint density at radius 3 is 2.63 bits per heavy atom. The fourth-order valence-corrected chi connectivity index (χ4v) is 1.65. The molecule has 4 heteroatoms. The van der Waals surface area contributed by atoms with Crippen molar-refractivity contribution in [2.24, 2.45) is 7.05 Å². The van der Waals surface area contributed by atoms with Gasteiger partial charge in [-0.15, -0.1) is 12.1 Å². The molecule has 0 saturated carbocycles. The zero-order valence-electron chi connectivity index (χ0n) is 10.8. The molecule has 1 heterocycles. The minimum absolute atomic E-state index is 0. The predicted octanol–water partition coefficient (Wildman–Crippen LogP) is 2.41. The zero-order chi connectivity index (χ0) is 13.0. The van der Waals surface area contributed by atoms with Crippen molar-refractivity contribution in [1.29, 1.82) is 0 Å². The molecule has 0 bridgehead atoms. The van der Waals surface area contributed by atoms with Crippen molar-refractivity contribution in [1.82, 2.24) is 4.57 Å². The Hall–Kier alpha value is -1.19. The molecule has 95 valence electrons.